The van der Waals surface area contributed by atoms with E-state index in [9.17, 15) is 13.2 Å². The molecule has 0 aliphatic heterocycles. The second kappa shape index (κ2) is 10.2. The number of alkyl halides is 3. The molecule has 94 valence electrons. The van der Waals surface area contributed by atoms with E-state index in [4.69, 9.17) is 4.79 Å². The van der Waals surface area contributed by atoms with Crippen molar-refractivity contribution < 1.29 is 18.0 Å². The number of halogens is 3. The van der Waals surface area contributed by atoms with Crippen LogP contribution in [0.1, 0.15) is 0 Å². The zero-order valence-electron chi connectivity index (χ0n) is 10.3. The van der Waals surface area contributed by atoms with Crippen molar-refractivity contribution in [1.82, 2.24) is 0 Å². The smallest absolute Gasteiger partial charge is 0.362 e. The summed E-state index contributed by atoms with van der Waals surface area (Å²) in [4.78, 5) is 9.12. The van der Waals surface area contributed by atoms with Gasteiger partial charge in [0.25, 0.3) is 0 Å². The molecule has 0 aromatic carbocycles. The van der Waals surface area contributed by atoms with E-state index in [-0.39, 0.29) is 17.6 Å². The Morgan fingerprint density at radius 3 is 1.00 bits per heavy atom. The van der Waals surface area contributed by atoms with Crippen LogP contribution in [0.3, 0.4) is 0 Å². The Balaban J connectivity index is -0.000000155. The Bertz CT molecular complexity index is 149. The lowest BCUT2D eigenvalue weighted by atomic mass is 10.6. The number of rotatable bonds is 0. The minimum atomic E-state index is -4.86. The summed E-state index contributed by atoms with van der Waals surface area (Å²) in [5.74, 6) is -2.26. The highest BCUT2D eigenvalue weighted by atomic mass is 28.3. The summed E-state index contributed by atoms with van der Waals surface area (Å²) in [5, 5.41) is 0. The largest absolute Gasteiger partial charge is 0.470 e. The Morgan fingerprint density at radius 1 is 0.933 bits per heavy atom. The monoisotopic (exact) mass is 261 g/mol. The molecule has 0 aliphatic carbocycles. The molecule has 0 aliphatic rings. The normalized spacial score (nSPS) is 10.1. The van der Waals surface area contributed by atoms with Crippen LogP contribution in [0, 0.1) is 0 Å². The number of amides is 1. The Labute approximate surface area is 93.3 Å². The highest BCUT2D eigenvalue weighted by molar-refractivity contribution is 6.54. The lowest BCUT2D eigenvalue weighted by molar-refractivity contribution is -0.169. The highest BCUT2D eigenvalue weighted by Gasteiger charge is 2.35. The average molecular weight is 261 g/mol. The van der Waals surface area contributed by atoms with Crippen LogP contribution in [0.5, 0.6) is 0 Å². The third-order valence-electron chi connectivity index (χ3n) is 0.279. The highest BCUT2D eigenvalue weighted by Crippen LogP contribution is 2.11. The summed E-state index contributed by atoms with van der Waals surface area (Å²) in [6, 6.07) is 0. The Morgan fingerprint density at radius 2 is 1.00 bits per heavy atom. The molecule has 0 heterocycles. The molecule has 0 saturated heterocycles. The summed E-state index contributed by atoms with van der Waals surface area (Å²) in [7, 11) is -0.278. The van der Waals surface area contributed by atoms with Crippen molar-refractivity contribution in [1.29, 1.82) is 0 Å². The zero-order valence-corrected chi connectivity index (χ0v) is 12.6. The van der Waals surface area contributed by atoms with Gasteiger partial charge >= 0.3 is 12.1 Å². The van der Waals surface area contributed by atoms with Crippen LogP contribution in [0.4, 0.5) is 13.2 Å². The Hall–Kier alpha value is -0.306. The van der Waals surface area contributed by atoms with Gasteiger partial charge in [-0.15, -0.1) is 0 Å². The standard InChI is InChI=1S/2C3H10Si.C2H2F3NO/c2*1-4(2)3;3-2(4,5)1(6)7/h2*4H,1-3H3;(H2,6,7). The van der Waals surface area contributed by atoms with Crippen molar-refractivity contribution in [3.8, 4) is 0 Å². The predicted octanol–water partition coefficient (Wildman–Crippen LogP) is 2.24. The topological polar surface area (TPSA) is 43.1 Å². The minimum Gasteiger partial charge on any atom is -0.362 e. The number of hydrogen-bond donors (Lipinski definition) is 1. The van der Waals surface area contributed by atoms with Crippen molar-refractivity contribution in [3.05, 3.63) is 0 Å². The molecule has 0 radical (unpaired) electrons. The maximum atomic E-state index is 10.7. The maximum absolute atomic E-state index is 10.7. The third kappa shape index (κ3) is 57.8. The van der Waals surface area contributed by atoms with E-state index in [0.717, 1.165) is 0 Å². The van der Waals surface area contributed by atoms with Crippen molar-refractivity contribution in [3.63, 3.8) is 0 Å². The molecule has 0 spiro atoms. The molecule has 0 fully saturated rings. The van der Waals surface area contributed by atoms with E-state index in [0.29, 0.717) is 0 Å². The van der Waals surface area contributed by atoms with Gasteiger partial charge in [-0.1, -0.05) is 39.3 Å². The van der Waals surface area contributed by atoms with E-state index in [1.54, 1.807) is 0 Å². The number of carbonyl (C=O) groups is 1. The number of nitrogens with two attached hydrogens (primary N) is 1. The first-order chi connectivity index (χ1) is 6.41. The van der Waals surface area contributed by atoms with Crippen molar-refractivity contribution in [2.75, 3.05) is 0 Å². The van der Waals surface area contributed by atoms with Crippen LogP contribution < -0.4 is 5.73 Å². The van der Waals surface area contributed by atoms with Crippen molar-refractivity contribution in [2.24, 2.45) is 5.73 Å². The zero-order chi connectivity index (χ0) is 13.2. The van der Waals surface area contributed by atoms with Gasteiger partial charge in [0.15, 0.2) is 0 Å². The molecule has 0 aromatic rings. The molecule has 0 atom stereocenters. The second-order valence-electron chi connectivity index (χ2n) is 4.33. The maximum Gasteiger partial charge on any atom is 0.470 e. The molecule has 0 bridgehead atoms. The Kier molecular flexibility index (Phi) is 13.7. The molecule has 0 aromatic heterocycles. The van der Waals surface area contributed by atoms with Crippen LogP contribution in [0.2, 0.25) is 39.3 Å². The van der Waals surface area contributed by atoms with Crippen LogP contribution in [0.15, 0.2) is 0 Å². The van der Waals surface area contributed by atoms with Crippen LogP contribution in [-0.4, -0.2) is 29.7 Å². The van der Waals surface area contributed by atoms with Crippen molar-refractivity contribution in [2.45, 2.75) is 45.5 Å². The molecular weight excluding hydrogens is 239 g/mol. The van der Waals surface area contributed by atoms with E-state index in [2.05, 4.69) is 45.0 Å². The van der Waals surface area contributed by atoms with Gasteiger partial charge in [0.05, 0.1) is 0 Å². The van der Waals surface area contributed by atoms with Gasteiger partial charge in [-0.2, -0.15) is 13.2 Å². The fourth-order valence-electron chi connectivity index (χ4n) is 0. The molecule has 0 saturated carbocycles. The van der Waals surface area contributed by atoms with Gasteiger partial charge in [-0.25, -0.2) is 0 Å². The SMILES string of the molecule is C[SiH](C)C.C[SiH](C)C.NC(=O)C(F)(F)F. The molecule has 7 heteroatoms. The van der Waals surface area contributed by atoms with Gasteiger partial charge in [0.2, 0.25) is 0 Å². The lowest BCUT2D eigenvalue weighted by Gasteiger charge is -1.95. The molecule has 1 amide bonds. The quantitative estimate of drug-likeness (QED) is 0.668. The fraction of sp³-hybridized carbons (Fsp3) is 0.875. The van der Waals surface area contributed by atoms with Gasteiger partial charge in [-0.3, -0.25) is 4.79 Å². The molecule has 15 heavy (non-hydrogen) atoms. The van der Waals surface area contributed by atoms with Gasteiger partial charge in [0, 0.05) is 17.6 Å². The van der Waals surface area contributed by atoms with Crippen LogP contribution in [0.25, 0.3) is 0 Å². The van der Waals surface area contributed by atoms with Gasteiger partial charge < -0.3 is 5.73 Å². The van der Waals surface area contributed by atoms with E-state index < -0.39 is 12.1 Å². The lowest BCUT2D eigenvalue weighted by Crippen LogP contribution is -2.30. The second-order valence-corrected chi connectivity index (χ2v) is 11.3. The summed E-state index contributed by atoms with van der Waals surface area (Å²) < 4.78 is 32.1. The van der Waals surface area contributed by atoms with Crippen molar-refractivity contribution >= 4 is 23.5 Å². The summed E-state index contributed by atoms with van der Waals surface area (Å²) in [6.07, 6.45) is -4.86. The first kappa shape index (κ1) is 20.1. The summed E-state index contributed by atoms with van der Waals surface area (Å²) in [6.45, 7) is 13.8. The summed E-state index contributed by atoms with van der Waals surface area (Å²) >= 11 is 0. The molecule has 2 N–H and O–H groups in total. The van der Waals surface area contributed by atoms with E-state index >= 15 is 0 Å². The van der Waals surface area contributed by atoms with Gasteiger partial charge in [-0.05, 0) is 0 Å². The number of hydrogen-bond acceptors (Lipinski definition) is 1. The first-order valence-corrected chi connectivity index (χ1v) is 11.7. The molecule has 0 rings (SSSR count). The van der Waals surface area contributed by atoms with E-state index in [1.807, 2.05) is 0 Å². The molecule has 0 unspecified atom stereocenters. The molecular formula is C8H22F3NOSi2. The molecule has 2 nitrogen and oxygen atoms in total. The fourth-order valence-corrected chi connectivity index (χ4v) is 0. The summed E-state index contributed by atoms with van der Waals surface area (Å²) in [5.41, 5.74) is 3.81. The van der Waals surface area contributed by atoms with Crippen LogP contribution >= 0.6 is 0 Å². The number of primary amides is 1. The minimum absolute atomic E-state index is 0.139. The average Bonchev–Trinajstić information content (AvgIpc) is 1.80. The first-order valence-electron chi connectivity index (χ1n) is 4.77. The number of carbonyl (C=O) groups excluding carboxylic acids is 1. The van der Waals surface area contributed by atoms with E-state index in [1.165, 1.54) is 0 Å². The van der Waals surface area contributed by atoms with Crippen LogP contribution in [-0.2, 0) is 4.79 Å². The predicted molar refractivity (Wildman–Crippen MR) is 64.7 cm³/mol. The van der Waals surface area contributed by atoms with Gasteiger partial charge in [0.1, 0.15) is 0 Å². The third-order valence-corrected chi connectivity index (χ3v) is 0.279.